The van der Waals surface area contributed by atoms with Gasteiger partial charge < -0.3 is 0 Å². The van der Waals surface area contributed by atoms with E-state index in [0.717, 1.165) is 24.7 Å². The number of ketones is 1. The molecule has 1 fully saturated rings. The summed E-state index contributed by atoms with van der Waals surface area (Å²) in [6.45, 7) is 8.79. The fourth-order valence-electron chi connectivity index (χ4n) is 3.01. The lowest BCUT2D eigenvalue weighted by molar-refractivity contribution is -0.123. The number of Topliss-reactive ketones (excluding diaryl/α,β-unsaturated/α-hetero) is 1. The zero-order chi connectivity index (χ0) is 12.1. The summed E-state index contributed by atoms with van der Waals surface area (Å²) in [7, 11) is 0. The molecule has 0 aliphatic heterocycles. The Kier molecular flexibility index (Phi) is 5.51. The first-order valence-electron chi connectivity index (χ1n) is 7.11. The van der Waals surface area contributed by atoms with Crippen molar-refractivity contribution in [1.29, 1.82) is 0 Å². The van der Waals surface area contributed by atoms with E-state index in [2.05, 4.69) is 27.7 Å². The highest BCUT2D eigenvalue weighted by molar-refractivity contribution is 5.80. The first-order valence-corrected chi connectivity index (χ1v) is 7.11. The second kappa shape index (κ2) is 6.42. The summed E-state index contributed by atoms with van der Waals surface area (Å²) < 4.78 is 0. The first kappa shape index (κ1) is 13.7. The quantitative estimate of drug-likeness (QED) is 0.651. The van der Waals surface area contributed by atoms with E-state index in [-0.39, 0.29) is 5.92 Å². The third-order valence-corrected chi connectivity index (χ3v) is 4.55. The summed E-state index contributed by atoms with van der Waals surface area (Å²) in [6, 6.07) is 0. The molecule has 1 nitrogen and oxygen atoms in total. The van der Waals surface area contributed by atoms with E-state index in [1.807, 2.05) is 0 Å². The molecule has 0 amide bonds. The van der Waals surface area contributed by atoms with Crippen molar-refractivity contribution in [2.75, 3.05) is 0 Å². The number of carbonyl (C=O) groups is 1. The van der Waals surface area contributed by atoms with Crippen molar-refractivity contribution in [1.82, 2.24) is 0 Å². The fourth-order valence-corrected chi connectivity index (χ4v) is 3.01. The van der Waals surface area contributed by atoms with Gasteiger partial charge in [-0.25, -0.2) is 0 Å². The predicted molar refractivity (Wildman–Crippen MR) is 69.4 cm³/mol. The van der Waals surface area contributed by atoms with Crippen molar-refractivity contribution in [3.63, 3.8) is 0 Å². The lowest BCUT2D eigenvalue weighted by atomic mass is 9.82. The van der Waals surface area contributed by atoms with Crippen LogP contribution in [0.25, 0.3) is 0 Å². The predicted octanol–water partition coefficient (Wildman–Crippen LogP) is 4.45. The summed E-state index contributed by atoms with van der Waals surface area (Å²) in [4.78, 5) is 12.0. The lowest BCUT2D eigenvalue weighted by Crippen LogP contribution is -2.20. The lowest BCUT2D eigenvalue weighted by Gasteiger charge is -2.22. The number of hydrogen-bond donors (Lipinski definition) is 0. The van der Waals surface area contributed by atoms with Gasteiger partial charge in [-0.3, -0.25) is 4.79 Å². The second-order valence-corrected chi connectivity index (χ2v) is 5.83. The summed E-state index contributed by atoms with van der Waals surface area (Å²) >= 11 is 0. The van der Waals surface area contributed by atoms with Crippen LogP contribution >= 0.6 is 0 Å². The van der Waals surface area contributed by atoms with Crippen LogP contribution in [0, 0.1) is 23.7 Å². The van der Waals surface area contributed by atoms with Gasteiger partial charge in [0.15, 0.2) is 0 Å². The summed E-state index contributed by atoms with van der Waals surface area (Å²) in [6.07, 6.45) is 7.09. The molecule has 0 radical (unpaired) electrons. The van der Waals surface area contributed by atoms with Crippen LogP contribution < -0.4 is 0 Å². The number of carbonyl (C=O) groups excluding carboxylic acids is 1. The highest BCUT2D eigenvalue weighted by Crippen LogP contribution is 2.38. The van der Waals surface area contributed by atoms with E-state index in [4.69, 9.17) is 0 Å². The molecule has 1 rings (SSSR count). The van der Waals surface area contributed by atoms with Gasteiger partial charge in [0.2, 0.25) is 0 Å². The van der Waals surface area contributed by atoms with Crippen LogP contribution in [-0.4, -0.2) is 5.78 Å². The Hall–Kier alpha value is -0.330. The molecule has 16 heavy (non-hydrogen) atoms. The molecule has 1 aliphatic carbocycles. The Bertz CT molecular complexity index is 221. The molecule has 0 saturated heterocycles. The highest BCUT2D eigenvalue weighted by atomic mass is 16.1. The molecule has 0 aromatic heterocycles. The maximum absolute atomic E-state index is 12.0. The topological polar surface area (TPSA) is 17.1 Å². The van der Waals surface area contributed by atoms with Gasteiger partial charge in [-0.15, -0.1) is 0 Å². The van der Waals surface area contributed by atoms with Crippen LogP contribution in [0.4, 0.5) is 0 Å². The molecule has 1 saturated carbocycles. The van der Waals surface area contributed by atoms with Crippen molar-refractivity contribution in [2.45, 2.75) is 66.2 Å². The van der Waals surface area contributed by atoms with E-state index in [1.54, 1.807) is 0 Å². The minimum Gasteiger partial charge on any atom is -0.299 e. The molecule has 4 unspecified atom stereocenters. The van der Waals surface area contributed by atoms with E-state index in [1.165, 1.54) is 25.7 Å². The maximum Gasteiger partial charge on any atom is 0.135 e. The Balaban J connectivity index is 2.45. The molecule has 0 aromatic carbocycles. The average molecular weight is 224 g/mol. The van der Waals surface area contributed by atoms with Gasteiger partial charge in [-0.05, 0) is 37.0 Å². The molecule has 0 aromatic rings. The van der Waals surface area contributed by atoms with E-state index in [9.17, 15) is 4.79 Å². The largest absolute Gasteiger partial charge is 0.299 e. The van der Waals surface area contributed by atoms with Gasteiger partial charge in [0.25, 0.3) is 0 Å². The van der Waals surface area contributed by atoms with Crippen LogP contribution in [0.1, 0.15) is 66.2 Å². The Morgan fingerprint density at radius 1 is 1.25 bits per heavy atom. The normalized spacial score (nSPS) is 29.0. The van der Waals surface area contributed by atoms with Crippen LogP contribution in [0.5, 0.6) is 0 Å². The molecule has 0 heterocycles. The molecular formula is C15H28O. The van der Waals surface area contributed by atoms with Crippen molar-refractivity contribution in [3.05, 3.63) is 0 Å². The van der Waals surface area contributed by atoms with Crippen molar-refractivity contribution in [2.24, 2.45) is 23.7 Å². The smallest absolute Gasteiger partial charge is 0.135 e. The summed E-state index contributed by atoms with van der Waals surface area (Å²) in [5.41, 5.74) is 0. The Labute approximate surface area is 101 Å². The van der Waals surface area contributed by atoms with Crippen LogP contribution in [0.15, 0.2) is 0 Å². The average Bonchev–Trinajstić information content (AvgIpc) is 2.71. The Morgan fingerprint density at radius 3 is 2.38 bits per heavy atom. The molecule has 0 spiro atoms. The SMILES string of the molecule is CCC(C)C(=O)CC(CC)C1CCC(C)C1. The standard InChI is InChI=1S/C15H28O/c1-5-12(4)15(16)10-13(6-2)14-8-7-11(3)9-14/h11-14H,5-10H2,1-4H3. The van der Waals surface area contributed by atoms with Crippen LogP contribution in [0.3, 0.4) is 0 Å². The number of hydrogen-bond acceptors (Lipinski definition) is 1. The van der Waals surface area contributed by atoms with Crippen molar-refractivity contribution < 1.29 is 4.79 Å². The fraction of sp³-hybridized carbons (Fsp3) is 0.933. The first-order chi connectivity index (χ1) is 7.58. The molecule has 94 valence electrons. The van der Waals surface area contributed by atoms with Gasteiger partial charge in [-0.2, -0.15) is 0 Å². The maximum atomic E-state index is 12.0. The van der Waals surface area contributed by atoms with Crippen LogP contribution in [-0.2, 0) is 4.79 Å². The van der Waals surface area contributed by atoms with Crippen molar-refractivity contribution in [3.8, 4) is 0 Å². The van der Waals surface area contributed by atoms with Gasteiger partial charge in [0.05, 0.1) is 0 Å². The monoisotopic (exact) mass is 224 g/mol. The highest BCUT2D eigenvalue weighted by Gasteiger charge is 2.29. The molecule has 1 heteroatoms. The third kappa shape index (κ3) is 3.61. The van der Waals surface area contributed by atoms with Gasteiger partial charge in [0.1, 0.15) is 5.78 Å². The summed E-state index contributed by atoms with van der Waals surface area (Å²) in [5, 5.41) is 0. The zero-order valence-electron chi connectivity index (χ0n) is 11.5. The minimum atomic E-state index is 0.271. The molecular weight excluding hydrogens is 196 g/mol. The van der Waals surface area contributed by atoms with Gasteiger partial charge >= 0.3 is 0 Å². The minimum absolute atomic E-state index is 0.271. The van der Waals surface area contributed by atoms with E-state index >= 15 is 0 Å². The van der Waals surface area contributed by atoms with Crippen molar-refractivity contribution >= 4 is 5.78 Å². The van der Waals surface area contributed by atoms with E-state index < -0.39 is 0 Å². The number of rotatable bonds is 6. The van der Waals surface area contributed by atoms with Gasteiger partial charge in [-0.1, -0.05) is 40.5 Å². The zero-order valence-corrected chi connectivity index (χ0v) is 11.5. The van der Waals surface area contributed by atoms with E-state index in [0.29, 0.717) is 11.7 Å². The molecule has 0 N–H and O–H groups in total. The third-order valence-electron chi connectivity index (χ3n) is 4.55. The summed E-state index contributed by atoms with van der Waals surface area (Å²) in [5.74, 6) is 3.14. The molecule has 1 aliphatic rings. The second-order valence-electron chi connectivity index (χ2n) is 5.83. The van der Waals surface area contributed by atoms with Crippen LogP contribution in [0.2, 0.25) is 0 Å². The molecule has 4 atom stereocenters. The Morgan fingerprint density at radius 2 is 1.94 bits per heavy atom. The molecule has 0 bridgehead atoms. The van der Waals surface area contributed by atoms with Gasteiger partial charge in [0, 0.05) is 12.3 Å².